The van der Waals surface area contributed by atoms with Gasteiger partial charge in [-0.15, -0.1) is 0 Å². The predicted molar refractivity (Wildman–Crippen MR) is 545 cm³/mol. The molecule has 0 saturated heterocycles. The van der Waals surface area contributed by atoms with Gasteiger partial charge in [0.15, 0.2) is 0 Å². The maximum atomic E-state index is 12.9. The summed E-state index contributed by atoms with van der Waals surface area (Å²) in [4.78, 5) is 68.8. The lowest BCUT2D eigenvalue weighted by molar-refractivity contribution is -0.137. The fraction of sp³-hybridized carbons (Fsp3) is 0.304. The molecule has 0 aliphatic heterocycles. The Labute approximate surface area is 832 Å². The van der Waals surface area contributed by atoms with Gasteiger partial charge in [0.25, 0.3) is 6.43 Å². The molecule has 760 valence electrons. The first-order chi connectivity index (χ1) is 68.3. The van der Waals surface area contributed by atoms with Gasteiger partial charge in [0.2, 0.25) is 0 Å². The Morgan fingerprint density at radius 2 is 0.566 bits per heavy atom. The zero-order valence-corrected chi connectivity index (χ0v) is 84.6. The number of hydrogen-bond donors (Lipinski definition) is 6. The van der Waals surface area contributed by atoms with Crippen LogP contribution in [-0.2, 0) is 80.7 Å². The van der Waals surface area contributed by atoms with E-state index in [1.54, 1.807) is 37.4 Å². The molecule has 1 aliphatic rings. The minimum atomic E-state index is -4.49. The van der Waals surface area contributed by atoms with E-state index in [0.29, 0.717) is 84.5 Å². The first-order valence-corrected chi connectivity index (χ1v) is 45.9. The molecule has 0 unspecified atom stereocenters. The number of nitrogens with one attached hydrogen (secondary N) is 6. The summed E-state index contributed by atoms with van der Waals surface area (Å²) < 4.78 is 138. The number of carbonyl (C=O) groups is 6. The summed E-state index contributed by atoms with van der Waals surface area (Å²) in [5, 5.41) is 15.8. The van der Waals surface area contributed by atoms with Crippen molar-refractivity contribution in [2.24, 2.45) is 0 Å². The molecular formula is C112H127F5N6O20. The number of amides is 6. The topological polar surface area (TPSA) is 304 Å². The summed E-state index contributed by atoms with van der Waals surface area (Å²) in [6.45, 7) is 29.8. The molecule has 0 radical (unpaired) electrons. The second-order valence-electron chi connectivity index (χ2n) is 33.4. The summed E-state index contributed by atoms with van der Waals surface area (Å²) in [6, 6.07) is 65.4. The number of carbonyl (C=O) groups excluding carboxylic acids is 6. The van der Waals surface area contributed by atoms with Crippen LogP contribution in [0.5, 0.6) is 46.0 Å². The number of methoxy groups -OCH3 is 7. The number of alkyl halides is 5. The third kappa shape index (κ3) is 36.8. The third-order valence-electron chi connectivity index (χ3n) is 22.1. The highest BCUT2D eigenvalue weighted by molar-refractivity contribution is 5.89. The van der Waals surface area contributed by atoms with E-state index in [4.69, 9.17) is 42.6 Å². The number of halogens is 5. The number of ether oxygens (including phenoxy) is 14. The van der Waals surface area contributed by atoms with Gasteiger partial charge in [-0.25, -0.2) is 37.5 Å². The van der Waals surface area contributed by atoms with E-state index >= 15 is 0 Å². The predicted octanol–water partition coefficient (Wildman–Crippen LogP) is 28.2. The van der Waals surface area contributed by atoms with Gasteiger partial charge in [-0.3, -0.25) is 31.9 Å². The van der Waals surface area contributed by atoms with Crippen molar-refractivity contribution >= 4 is 70.7 Å². The van der Waals surface area contributed by atoms with E-state index < -0.39 is 54.7 Å². The number of benzene rings is 12. The quantitative estimate of drug-likeness (QED) is 0.0180. The second kappa shape index (κ2) is 55.9. The van der Waals surface area contributed by atoms with Gasteiger partial charge in [-0.2, -0.15) is 13.2 Å². The minimum absolute atomic E-state index is 0.0454. The fourth-order valence-corrected chi connectivity index (χ4v) is 14.3. The molecule has 6 N–H and O–H groups in total. The van der Waals surface area contributed by atoms with Crippen molar-refractivity contribution in [2.75, 3.05) is 88.3 Å². The molecule has 0 aromatic heterocycles. The van der Waals surface area contributed by atoms with Crippen LogP contribution in [0.15, 0.2) is 218 Å². The summed E-state index contributed by atoms with van der Waals surface area (Å²) in [7, 11) is 9.36. The van der Waals surface area contributed by atoms with Crippen molar-refractivity contribution in [1.29, 1.82) is 0 Å². The number of rotatable bonds is 30. The highest BCUT2D eigenvalue weighted by Gasteiger charge is 2.32. The van der Waals surface area contributed by atoms with Crippen LogP contribution in [-0.4, -0.2) is 92.9 Å². The normalized spacial score (nSPS) is 11.0. The maximum Gasteiger partial charge on any atom is 0.416 e. The lowest BCUT2D eigenvalue weighted by Crippen LogP contribution is -2.15. The fourth-order valence-electron chi connectivity index (χ4n) is 14.3. The molecule has 13 rings (SSSR count). The number of hydrogen-bond acceptors (Lipinski definition) is 20. The van der Waals surface area contributed by atoms with Crippen molar-refractivity contribution < 1.29 is 117 Å². The summed E-state index contributed by atoms with van der Waals surface area (Å²) >= 11 is 0. The molecule has 0 atom stereocenters. The molecule has 0 bridgehead atoms. The Morgan fingerprint density at radius 1 is 0.301 bits per heavy atom. The van der Waals surface area contributed by atoms with Gasteiger partial charge >= 0.3 is 42.7 Å². The average molecular weight is 1970 g/mol. The van der Waals surface area contributed by atoms with Crippen molar-refractivity contribution in [2.45, 2.75) is 174 Å². The van der Waals surface area contributed by atoms with Crippen molar-refractivity contribution in [3.63, 3.8) is 0 Å². The molecule has 12 aromatic rings. The van der Waals surface area contributed by atoms with Crippen molar-refractivity contribution in [3.05, 3.63) is 341 Å². The molecule has 1 saturated carbocycles. The van der Waals surface area contributed by atoms with Crippen LogP contribution in [0.2, 0.25) is 0 Å². The Morgan fingerprint density at radius 3 is 0.846 bits per heavy atom. The standard InChI is InChI=1S/C20H23NO3.C19H23NO4.C19H23NO3.C18H18F3NO3.C18H19F2NO3.C18H21NO4/c1-13-4-9-19(14(2)10-13)24-12-17-11-16(15-5-6-15)7-8-18(17)21-20(22)23-3;1-5-23-16-7-8-17(20-19(21)22-4)15(11-16)12-24-18-9-6-13(2)10-14(18)3;1-5-15-7-8-17(20-19(21)22-4)16(11-15)12-23-18-9-6-13(2)10-14(18)3;1-11-4-7-16(12(2)8-11)25-10-13-9-14(18(19,20)21)5-6-15(13)22-17(23)24-3;1-11-4-7-16(12(2)8-11)24-10-14-9-13(17(19)20)5-6-15(14)21-18(22)23-3;1-12-5-8-17(13(2)9-12)23-11-14-10-15(21-3)6-7-16(14)19-18(20)22-4/h4,7-11,15H,5-6,12H2,1-3H3,(H,21,22);6-11H,5,12H2,1-4H3,(H,20,21);6-11H,5,12H2,1-4H3,(H,20,21);4-9H,10H2,1-3H3,(H,22,23);4-9,17H,10H2,1-3H3,(H,21,22);5-10H,11H2,1-4H3,(H,19,20). The summed E-state index contributed by atoms with van der Waals surface area (Å²) in [5.74, 6) is 6.62. The Hall–Kier alpha value is -15.7. The van der Waals surface area contributed by atoms with Crippen LogP contribution >= 0.6 is 0 Å². The SMILES string of the molecule is CCOc1ccc(NC(=O)OC)c(COc2ccc(C)cc2C)c1.CCc1ccc(NC(=O)OC)c(COc2ccc(C)cc2C)c1.COC(=O)Nc1ccc(C(F)(F)F)cc1COc1ccc(C)cc1C.COC(=O)Nc1ccc(C(F)F)cc1COc1ccc(C)cc1C.COC(=O)Nc1ccc(C2CC2)cc1COc1ccc(C)cc1C.COC(=O)Nc1ccc(OC)cc1COc1ccc(C)cc1C. The van der Waals surface area contributed by atoms with E-state index in [-0.39, 0.29) is 30.0 Å². The highest BCUT2D eigenvalue weighted by atomic mass is 19.4. The smallest absolute Gasteiger partial charge is 0.416 e. The molecule has 6 amide bonds. The van der Waals surface area contributed by atoms with Crippen LogP contribution in [0.1, 0.15) is 161 Å². The van der Waals surface area contributed by atoms with Gasteiger partial charge in [-0.1, -0.05) is 143 Å². The van der Waals surface area contributed by atoms with Gasteiger partial charge < -0.3 is 66.3 Å². The Bertz CT molecular complexity index is 6070. The summed E-state index contributed by atoms with van der Waals surface area (Å²) in [6.07, 6.45) is -7.13. The van der Waals surface area contributed by atoms with Crippen LogP contribution in [0.4, 0.5) is 84.8 Å². The van der Waals surface area contributed by atoms with E-state index in [1.165, 1.54) is 113 Å². The van der Waals surface area contributed by atoms with Gasteiger partial charge in [0.1, 0.15) is 85.6 Å². The molecular weight excluding hydrogens is 1840 g/mol. The molecule has 0 spiro atoms. The van der Waals surface area contributed by atoms with Crippen LogP contribution in [0, 0.1) is 83.1 Å². The van der Waals surface area contributed by atoms with E-state index in [0.717, 1.165) is 120 Å². The molecule has 12 aromatic carbocycles. The van der Waals surface area contributed by atoms with Crippen LogP contribution in [0.3, 0.4) is 0 Å². The molecule has 26 nitrogen and oxygen atoms in total. The first-order valence-electron chi connectivity index (χ1n) is 45.9. The second-order valence-corrected chi connectivity index (χ2v) is 33.4. The third-order valence-corrected chi connectivity index (χ3v) is 22.1. The van der Waals surface area contributed by atoms with Gasteiger partial charge in [-0.05, 0) is 275 Å². The average Bonchev–Trinajstić information content (AvgIpc) is 1.77. The van der Waals surface area contributed by atoms with E-state index in [1.807, 2.05) is 185 Å². The molecule has 1 fully saturated rings. The number of anilines is 6. The van der Waals surface area contributed by atoms with E-state index in [2.05, 4.69) is 119 Å². The lowest BCUT2D eigenvalue weighted by atomic mass is 10.1. The molecule has 1 aliphatic carbocycles. The monoisotopic (exact) mass is 1970 g/mol. The zero-order valence-electron chi connectivity index (χ0n) is 84.6. The molecule has 143 heavy (non-hydrogen) atoms. The van der Waals surface area contributed by atoms with Gasteiger partial charge in [0.05, 0.1) is 96.1 Å². The molecule has 0 heterocycles. The first kappa shape index (κ1) is 113. The van der Waals surface area contributed by atoms with Gasteiger partial charge in [0, 0.05) is 38.9 Å². The lowest BCUT2D eigenvalue weighted by Gasteiger charge is -2.16. The number of aryl methyl sites for hydroxylation is 13. The maximum absolute atomic E-state index is 12.9. The zero-order chi connectivity index (χ0) is 105. The van der Waals surface area contributed by atoms with Crippen molar-refractivity contribution in [1.82, 2.24) is 0 Å². The van der Waals surface area contributed by atoms with E-state index in [9.17, 15) is 50.7 Å². The summed E-state index contributed by atoms with van der Waals surface area (Å²) in [5.41, 5.74) is 22.1. The van der Waals surface area contributed by atoms with Crippen LogP contribution < -0.4 is 69.8 Å². The largest absolute Gasteiger partial charge is 0.497 e. The Kier molecular flexibility index (Phi) is 44.0. The highest BCUT2D eigenvalue weighted by Crippen LogP contribution is 2.42. The van der Waals surface area contributed by atoms with Crippen molar-refractivity contribution in [3.8, 4) is 46.0 Å². The molecule has 31 heteroatoms. The van der Waals surface area contributed by atoms with Crippen LogP contribution in [0.25, 0.3) is 0 Å². The minimum Gasteiger partial charge on any atom is -0.497 e. The Balaban J connectivity index is 0.000000210.